The standard InChI is InChI=1S/C18H13N5O3/c19-15(24)10-23-14-6-2-1-5-12(14)13(8-16(23)25)18-21-17(22-26-18)11-4-3-7-20-9-11/h1-9H,10H2,(H2,19,24). The van der Waals surface area contributed by atoms with Crippen LogP contribution in [0.2, 0.25) is 0 Å². The number of carbonyl (C=O) groups excluding carboxylic acids is 1. The van der Waals surface area contributed by atoms with E-state index in [0.29, 0.717) is 27.9 Å². The van der Waals surface area contributed by atoms with Gasteiger partial charge in [-0.25, -0.2) is 0 Å². The van der Waals surface area contributed by atoms with Crippen molar-refractivity contribution in [1.29, 1.82) is 0 Å². The van der Waals surface area contributed by atoms with Crippen molar-refractivity contribution in [3.05, 3.63) is 65.2 Å². The van der Waals surface area contributed by atoms with Crippen molar-refractivity contribution in [2.75, 3.05) is 0 Å². The second-order valence-electron chi connectivity index (χ2n) is 5.63. The van der Waals surface area contributed by atoms with Gasteiger partial charge in [0.2, 0.25) is 11.7 Å². The Bertz CT molecular complexity index is 1160. The lowest BCUT2D eigenvalue weighted by atomic mass is 10.1. The molecule has 0 bridgehead atoms. The van der Waals surface area contributed by atoms with Gasteiger partial charge in [-0.15, -0.1) is 0 Å². The highest BCUT2D eigenvalue weighted by molar-refractivity contribution is 5.93. The maximum Gasteiger partial charge on any atom is 0.259 e. The zero-order valence-electron chi connectivity index (χ0n) is 13.5. The molecule has 0 saturated carbocycles. The zero-order chi connectivity index (χ0) is 18.1. The molecule has 4 aromatic rings. The first-order chi connectivity index (χ1) is 12.6. The van der Waals surface area contributed by atoms with Crippen LogP contribution in [0.1, 0.15) is 0 Å². The van der Waals surface area contributed by atoms with E-state index >= 15 is 0 Å². The van der Waals surface area contributed by atoms with Crippen LogP contribution in [0.5, 0.6) is 0 Å². The fourth-order valence-corrected chi connectivity index (χ4v) is 2.78. The van der Waals surface area contributed by atoms with Crippen molar-refractivity contribution in [2.24, 2.45) is 5.73 Å². The van der Waals surface area contributed by atoms with E-state index in [1.54, 1.807) is 30.6 Å². The number of nitrogens with zero attached hydrogens (tertiary/aromatic N) is 4. The molecular formula is C18H13N5O3. The van der Waals surface area contributed by atoms with Gasteiger partial charge in [-0.05, 0) is 18.2 Å². The lowest BCUT2D eigenvalue weighted by Crippen LogP contribution is -2.28. The van der Waals surface area contributed by atoms with Crippen molar-refractivity contribution >= 4 is 16.8 Å². The predicted molar refractivity (Wildman–Crippen MR) is 93.9 cm³/mol. The van der Waals surface area contributed by atoms with E-state index in [1.165, 1.54) is 10.6 Å². The van der Waals surface area contributed by atoms with E-state index in [1.807, 2.05) is 18.2 Å². The van der Waals surface area contributed by atoms with Crippen LogP contribution in [-0.4, -0.2) is 25.6 Å². The molecule has 8 heteroatoms. The van der Waals surface area contributed by atoms with Crippen LogP contribution in [0, 0.1) is 0 Å². The number of pyridine rings is 2. The van der Waals surface area contributed by atoms with Gasteiger partial charge in [-0.2, -0.15) is 4.98 Å². The lowest BCUT2D eigenvalue weighted by molar-refractivity contribution is -0.118. The Balaban J connectivity index is 1.90. The van der Waals surface area contributed by atoms with Crippen molar-refractivity contribution in [1.82, 2.24) is 19.7 Å². The number of fused-ring (bicyclic) bond motifs is 1. The van der Waals surface area contributed by atoms with Crippen molar-refractivity contribution < 1.29 is 9.32 Å². The van der Waals surface area contributed by atoms with Crippen molar-refractivity contribution in [2.45, 2.75) is 6.54 Å². The second-order valence-corrected chi connectivity index (χ2v) is 5.63. The van der Waals surface area contributed by atoms with E-state index in [9.17, 15) is 9.59 Å². The third kappa shape index (κ3) is 2.73. The number of hydrogen-bond donors (Lipinski definition) is 1. The summed E-state index contributed by atoms with van der Waals surface area (Å²) >= 11 is 0. The predicted octanol–water partition coefficient (Wildman–Crippen LogP) is 1.60. The molecule has 26 heavy (non-hydrogen) atoms. The van der Waals surface area contributed by atoms with Gasteiger partial charge < -0.3 is 10.3 Å². The summed E-state index contributed by atoms with van der Waals surface area (Å²) in [6.45, 7) is -0.204. The molecule has 0 aliphatic carbocycles. The number of primary amides is 1. The quantitative estimate of drug-likeness (QED) is 0.599. The Kier molecular flexibility index (Phi) is 3.77. The minimum Gasteiger partial charge on any atom is -0.368 e. The number of rotatable bonds is 4. The molecule has 1 amide bonds. The molecule has 0 fully saturated rings. The molecule has 0 saturated heterocycles. The Labute approximate surface area is 146 Å². The highest BCUT2D eigenvalue weighted by atomic mass is 16.5. The minimum atomic E-state index is -0.596. The Morgan fingerprint density at radius 1 is 1.19 bits per heavy atom. The topological polar surface area (TPSA) is 117 Å². The number of benzene rings is 1. The third-order valence-electron chi connectivity index (χ3n) is 3.91. The fraction of sp³-hybridized carbons (Fsp3) is 0.0556. The molecule has 3 aromatic heterocycles. The molecule has 0 unspecified atom stereocenters. The minimum absolute atomic E-state index is 0.204. The van der Waals surface area contributed by atoms with Crippen LogP contribution in [0.4, 0.5) is 0 Å². The van der Waals surface area contributed by atoms with E-state index < -0.39 is 5.91 Å². The van der Waals surface area contributed by atoms with Gasteiger partial charge in [-0.1, -0.05) is 23.4 Å². The first-order valence-electron chi connectivity index (χ1n) is 7.79. The van der Waals surface area contributed by atoms with Gasteiger partial charge in [0.25, 0.3) is 11.4 Å². The molecule has 0 radical (unpaired) electrons. The molecule has 0 aliphatic rings. The Morgan fingerprint density at radius 2 is 2.04 bits per heavy atom. The lowest BCUT2D eigenvalue weighted by Gasteiger charge is -2.10. The average Bonchev–Trinajstić information content (AvgIpc) is 3.14. The molecule has 128 valence electrons. The SMILES string of the molecule is NC(=O)Cn1c(=O)cc(-c2nc(-c3cccnc3)no2)c2ccccc21. The summed E-state index contributed by atoms with van der Waals surface area (Å²) < 4.78 is 6.68. The monoisotopic (exact) mass is 347 g/mol. The number of carbonyl (C=O) groups is 1. The van der Waals surface area contributed by atoms with Crippen LogP contribution in [-0.2, 0) is 11.3 Å². The molecule has 3 heterocycles. The number of nitrogens with two attached hydrogens (primary N) is 1. The van der Waals surface area contributed by atoms with Crippen LogP contribution in [0.25, 0.3) is 33.7 Å². The second kappa shape index (κ2) is 6.25. The van der Waals surface area contributed by atoms with Gasteiger partial charge in [0.15, 0.2) is 0 Å². The molecule has 1 aromatic carbocycles. The zero-order valence-corrected chi connectivity index (χ0v) is 13.5. The number of para-hydroxylation sites is 1. The van der Waals surface area contributed by atoms with Crippen LogP contribution in [0.3, 0.4) is 0 Å². The number of hydrogen-bond acceptors (Lipinski definition) is 6. The summed E-state index contributed by atoms with van der Waals surface area (Å²) in [6.07, 6.45) is 3.27. The third-order valence-corrected chi connectivity index (χ3v) is 3.91. The molecule has 8 nitrogen and oxygen atoms in total. The normalized spacial score (nSPS) is 10.9. The maximum atomic E-state index is 12.5. The number of amides is 1. The molecular weight excluding hydrogens is 334 g/mol. The average molecular weight is 347 g/mol. The molecule has 2 N–H and O–H groups in total. The van der Waals surface area contributed by atoms with E-state index in [-0.39, 0.29) is 18.0 Å². The van der Waals surface area contributed by atoms with Crippen molar-refractivity contribution in [3.8, 4) is 22.8 Å². The fourth-order valence-electron chi connectivity index (χ4n) is 2.78. The summed E-state index contributed by atoms with van der Waals surface area (Å²) in [5, 5.41) is 4.66. The van der Waals surface area contributed by atoms with Crippen LogP contribution in [0.15, 0.2) is 64.2 Å². The summed E-state index contributed by atoms with van der Waals surface area (Å²) in [5.74, 6) is -0.0106. The summed E-state index contributed by atoms with van der Waals surface area (Å²) in [4.78, 5) is 32.2. The Morgan fingerprint density at radius 3 is 2.81 bits per heavy atom. The van der Waals surface area contributed by atoms with Gasteiger partial charge >= 0.3 is 0 Å². The largest absolute Gasteiger partial charge is 0.368 e. The maximum absolute atomic E-state index is 12.5. The van der Waals surface area contributed by atoms with Gasteiger partial charge in [0, 0.05) is 29.4 Å². The van der Waals surface area contributed by atoms with Gasteiger partial charge in [-0.3, -0.25) is 19.1 Å². The van der Waals surface area contributed by atoms with E-state index in [4.69, 9.17) is 10.3 Å². The summed E-state index contributed by atoms with van der Waals surface area (Å²) in [7, 11) is 0. The smallest absolute Gasteiger partial charge is 0.259 e. The first-order valence-corrected chi connectivity index (χ1v) is 7.79. The van der Waals surface area contributed by atoms with Crippen molar-refractivity contribution in [3.63, 3.8) is 0 Å². The van der Waals surface area contributed by atoms with Gasteiger partial charge in [0.1, 0.15) is 6.54 Å². The van der Waals surface area contributed by atoms with Gasteiger partial charge in [0.05, 0.1) is 11.1 Å². The highest BCUT2D eigenvalue weighted by Gasteiger charge is 2.17. The van der Waals surface area contributed by atoms with E-state index in [0.717, 1.165) is 0 Å². The first kappa shape index (κ1) is 15.7. The van der Waals surface area contributed by atoms with E-state index in [2.05, 4.69) is 15.1 Å². The molecule has 0 aliphatic heterocycles. The van der Waals surface area contributed by atoms with Crippen LogP contribution < -0.4 is 11.3 Å². The van der Waals surface area contributed by atoms with Crippen LogP contribution >= 0.6 is 0 Å². The molecule has 4 rings (SSSR count). The summed E-state index contributed by atoms with van der Waals surface area (Å²) in [6, 6.07) is 12.1. The number of aromatic nitrogens is 4. The Hall–Kier alpha value is -3.81. The molecule has 0 atom stereocenters. The highest BCUT2D eigenvalue weighted by Crippen LogP contribution is 2.27. The summed E-state index contributed by atoms with van der Waals surface area (Å²) in [5.41, 5.74) is 6.64. The molecule has 0 spiro atoms.